The van der Waals surface area contributed by atoms with Crippen LogP contribution in [0.15, 0.2) is 35.5 Å². The van der Waals surface area contributed by atoms with Gasteiger partial charge >= 0.3 is 0 Å². The van der Waals surface area contributed by atoms with Crippen LogP contribution >= 0.6 is 35.0 Å². The van der Waals surface area contributed by atoms with E-state index in [0.717, 1.165) is 12.8 Å². The lowest BCUT2D eigenvalue weighted by atomic mass is 10.1. The van der Waals surface area contributed by atoms with Crippen molar-refractivity contribution in [1.82, 2.24) is 20.2 Å². The van der Waals surface area contributed by atoms with Gasteiger partial charge in [-0.1, -0.05) is 47.1 Å². The van der Waals surface area contributed by atoms with Gasteiger partial charge in [-0.3, -0.25) is 9.59 Å². The zero-order chi connectivity index (χ0) is 22.0. The number of piperazine rings is 1. The number of carbonyl (C=O) groups is 2. The Kier molecular flexibility index (Phi) is 6.89. The van der Waals surface area contributed by atoms with Crippen molar-refractivity contribution in [3.63, 3.8) is 0 Å². The van der Waals surface area contributed by atoms with Crippen LogP contribution in [0.2, 0.25) is 10.2 Å². The van der Waals surface area contributed by atoms with Gasteiger partial charge in [-0.25, -0.2) is 9.97 Å². The van der Waals surface area contributed by atoms with Gasteiger partial charge in [-0.15, -0.1) is 0 Å². The normalized spacial score (nSPS) is 18.7. The van der Waals surface area contributed by atoms with E-state index in [0.29, 0.717) is 52.4 Å². The van der Waals surface area contributed by atoms with Crippen LogP contribution in [0.25, 0.3) is 0 Å². The highest BCUT2D eigenvalue weighted by Gasteiger charge is 2.30. The molecule has 164 valence electrons. The van der Waals surface area contributed by atoms with Gasteiger partial charge in [0.15, 0.2) is 5.16 Å². The molecule has 1 aliphatic heterocycles. The van der Waals surface area contributed by atoms with Gasteiger partial charge in [-0.05, 0) is 31.9 Å². The molecule has 1 atom stereocenters. The van der Waals surface area contributed by atoms with Crippen molar-refractivity contribution in [3.05, 3.63) is 46.1 Å². The lowest BCUT2D eigenvalue weighted by molar-refractivity contribution is -0.118. The lowest BCUT2D eigenvalue weighted by Crippen LogP contribution is -2.54. The molecule has 1 unspecified atom stereocenters. The van der Waals surface area contributed by atoms with Crippen molar-refractivity contribution < 1.29 is 9.59 Å². The van der Waals surface area contributed by atoms with Gasteiger partial charge < -0.3 is 15.1 Å². The molecule has 10 heteroatoms. The molecule has 1 aliphatic carbocycles. The van der Waals surface area contributed by atoms with Crippen LogP contribution in [0.3, 0.4) is 0 Å². The summed E-state index contributed by atoms with van der Waals surface area (Å²) in [6.45, 7) is 3.76. The standard InChI is InChI=1S/C21H23Cl2N5O2S/c1-13-11-27(8-9-28(13)20(30)15-4-2-3-5-16(15)22)18-10-17(23)25-21(26-18)31-12-19(29)24-14-6-7-14/h2-5,10,13-14H,6-9,11-12H2,1H3,(H,24,29). The maximum Gasteiger partial charge on any atom is 0.255 e. The summed E-state index contributed by atoms with van der Waals surface area (Å²) in [4.78, 5) is 37.6. The second kappa shape index (κ2) is 9.63. The van der Waals surface area contributed by atoms with E-state index in [-0.39, 0.29) is 23.6 Å². The van der Waals surface area contributed by atoms with Crippen molar-refractivity contribution >= 4 is 52.6 Å². The number of rotatable bonds is 6. The number of hydrogen-bond acceptors (Lipinski definition) is 6. The predicted molar refractivity (Wildman–Crippen MR) is 123 cm³/mol. The molecule has 0 spiro atoms. The molecule has 7 nitrogen and oxygen atoms in total. The number of hydrogen-bond donors (Lipinski definition) is 1. The Hall–Kier alpha value is -2.03. The summed E-state index contributed by atoms with van der Waals surface area (Å²) in [6, 6.07) is 9.10. The van der Waals surface area contributed by atoms with Crippen molar-refractivity contribution in [2.75, 3.05) is 30.3 Å². The lowest BCUT2D eigenvalue weighted by Gasteiger charge is -2.40. The second-order valence-corrected chi connectivity index (χ2v) is 9.47. The van der Waals surface area contributed by atoms with Gasteiger partial charge in [0, 0.05) is 37.8 Å². The third-order valence-corrected chi connectivity index (χ3v) is 6.62. The zero-order valence-corrected chi connectivity index (χ0v) is 19.4. The average molecular weight is 480 g/mol. The minimum absolute atomic E-state index is 0.0158. The van der Waals surface area contributed by atoms with Crippen LogP contribution in [0.1, 0.15) is 30.1 Å². The number of thioether (sulfide) groups is 1. The number of benzene rings is 1. The number of aromatic nitrogens is 2. The first kappa shape index (κ1) is 22.2. The fourth-order valence-corrected chi connectivity index (χ4v) is 4.60. The van der Waals surface area contributed by atoms with E-state index in [1.165, 1.54) is 11.8 Å². The van der Waals surface area contributed by atoms with Crippen LogP contribution in [-0.4, -0.2) is 64.2 Å². The smallest absolute Gasteiger partial charge is 0.255 e. The second-order valence-electron chi connectivity index (χ2n) is 7.74. The van der Waals surface area contributed by atoms with Crippen LogP contribution in [0.5, 0.6) is 0 Å². The maximum absolute atomic E-state index is 12.9. The zero-order valence-electron chi connectivity index (χ0n) is 17.1. The summed E-state index contributed by atoms with van der Waals surface area (Å²) in [6.07, 6.45) is 2.11. The molecule has 1 aromatic carbocycles. The number of carbonyl (C=O) groups excluding carboxylic acids is 2. The number of nitrogens with one attached hydrogen (secondary N) is 1. The van der Waals surface area contributed by atoms with Crippen molar-refractivity contribution in [2.45, 2.75) is 37.0 Å². The third-order valence-electron chi connectivity index (χ3n) is 5.25. The van der Waals surface area contributed by atoms with E-state index >= 15 is 0 Å². The largest absolute Gasteiger partial charge is 0.353 e. The number of nitrogens with zero attached hydrogens (tertiary/aromatic N) is 4. The minimum Gasteiger partial charge on any atom is -0.353 e. The molecular formula is C21H23Cl2N5O2S. The first-order valence-corrected chi connectivity index (χ1v) is 11.9. The first-order chi connectivity index (χ1) is 14.9. The summed E-state index contributed by atoms with van der Waals surface area (Å²) >= 11 is 13.7. The fraction of sp³-hybridized carbons (Fsp3) is 0.429. The van der Waals surface area contributed by atoms with Crippen molar-refractivity contribution in [2.24, 2.45) is 0 Å². The van der Waals surface area contributed by atoms with Crippen LogP contribution in [0, 0.1) is 0 Å². The van der Waals surface area contributed by atoms with E-state index < -0.39 is 0 Å². The number of anilines is 1. The molecule has 1 aromatic heterocycles. The van der Waals surface area contributed by atoms with E-state index in [1.54, 1.807) is 18.2 Å². The first-order valence-electron chi connectivity index (χ1n) is 10.2. The molecule has 4 rings (SSSR count). The molecule has 2 fully saturated rings. The van der Waals surface area contributed by atoms with Gasteiger partial charge in [0.1, 0.15) is 11.0 Å². The molecule has 31 heavy (non-hydrogen) atoms. The SMILES string of the molecule is CC1CN(c2cc(Cl)nc(SCC(=O)NC3CC3)n2)CCN1C(=O)c1ccccc1Cl. The monoisotopic (exact) mass is 479 g/mol. The highest BCUT2D eigenvalue weighted by molar-refractivity contribution is 7.99. The molecule has 1 N–H and O–H groups in total. The summed E-state index contributed by atoms with van der Waals surface area (Å²) in [5.41, 5.74) is 0.512. The molecule has 2 aromatic rings. The molecule has 2 amide bonds. The van der Waals surface area contributed by atoms with E-state index in [9.17, 15) is 9.59 Å². The maximum atomic E-state index is 12.9. The number of halogens is 2. The minimum atomic E-state index is -0.0728. The quantitative estimate of drug-likeness (QED) is 0.388. The van der Waals surface area contributed by atoms with Crippen molar-refractivity contribution in [3.8, 4) is 0 Å². The van der Waals surface area contributed by atoms with Crippen molar-refractivity contribution in [1.29, 1.82) is 0 Å². The molecule has 1 saturated heterocycles. The van der Waals surface area contributed by atoms with E-state index in [4.69, 9.17) is 23.2 Å². The highest BCUT2D eigenvalue weighted by atomic mass is 35.5. The molecular weight excluding hydrogens is 457 g/mol. The Labute approximate surface area is 195 Å². The van der Waals surface area contributed by atoms with Gasteiger partial charge in [0.25, 0.3) is 5.91 Å². The summed E-state index contributed by atoms with van der Waals surface area (Å²) in [5.74, 6) is 0.864. The third kappa shape index (κ3) is 5.61. The fourth-order valence-electron chi connectivity index (χ4n) is 3.50. The Balaban J connectivity index is 1.40. The summed E-state index contributed by atoms with van der Waals surface area (Å²) in [7, 11) is 0. The molecule has 2 aliphatic rings. The summed E-state index contributed by atoms with van der Waals surface area (Å²) < 4.78 is 0. The summed E-state index contributed by atoms with van der Waals surface area (Å²) in [5, 5.41) is 4.20. The Bertz CT molecular complexity index is 988. The van der Waals surface area contributed by atoms with E-state index in [2.05, 4.69) is 20.2 Å². The highest BCUT2D eigenvalue weighted by Crippen LogP contribution is 2.26. The number of amides is 2. The van der Waals surface area contributed by atoms with Gasteiger partial charge in [0.2, 0.25) is 5.91 Å². The average Bonchev–Trinajstić information content (AvgIpc) is 3.55. The topological polar surface area (TPSA) is 78.4 Å². The Morgan fingerprint density at radius 2 is 1.97 bits per heavy atom. The van der Waals surface area contributed by atoms with Crippen LogP contribution in [0.4, 0.5) is 5.82 Å². The Morgan fingerprint density at radius 1 is 1.19 bits per heavy atom. The van der Waals surface area contributed by atoms with Gasteiger partial charge in [-0.2, -0.15) is 0 Å². The molecule has 0 bridgehead atoms. The molecule has 2 heterocycles. The molecule has 0 radical (unpaired) electrons. The predicted octanol–water partition coefficient (Wildman–Crippen LogP) is 3.51. The van der Waals surface area contributed by atoms with Crippen LogP contribution < -0.4 is 10.2 Å². The van der Waals surface area contributed by atoms with E-state index in [1.807, 2.05) is 24.0 Å². The van der Waals surface area contributed by atoms with Crippen LogP contribution in [-0.2, 0) is 4.79 Å². The molecule has 1 saturated carbocycles. The Morgan fingerprint density at radius 3 is 2.68 bits per heavy atom. The van der Waals surface area contributed by atoms with Gasteiger partial charge in [0.05, 0.1) is 16.3 Å².